The second-order valence-electron chi connectivity index (χ2n) is 11.5. The SMILES string of the molecule is COC(=O)C1CCN(Cc2cc3nc(-c4cccc(B5OC(C)(C)C(C)(C)O5)c4C)oc3cc2OC(F)F)CC1. The van der Waals surface area contributed by atoms with E-state index < -0.39 is 24.9 Å². The summed E-state index contributed by atoms with van der Waals surface area (Å²) in [5.74, 6) is 0.0541. The van der Waals surface area contributed by atoms with Crippen LogP contribution in [0.5, 0.6) is 5.75 Å². The van der Waals surface area contributed by atoms with Crippen LogP contribution in [0.4, 0.5) is 8.78 Å². The minimum atomic E-state index is -2.98. The molecule has 40 heavy (non-hydrogen) atoms. The number of esters is 1. The van der Waals surface area contributed by atoms with Crippen LogP contribution in [0.25, 0.3) is 22.6 Å². The van der Waals surface area contributed by atoms with Gasteiger partial charge in [-0.25, -0.2) is 4.98 Å². The first-order valence-corrected chi connectivity index (χ1v) is 13.5. The highest BCUT2D eigenvalue weighted by atomic mass is 19.3. The number of hydrogen-bond acceptors (Lipinski definition) is 8. The second kappa shape index (κ2) is 10.8. The van der Waals surface area contributed by atoms with Crippen molar-refractivity contribution >= 4 is 29.7 Å². The molecule has 0 aliphatic carbocycles. The zero-order valence-electron chi connectivity index (χ0n) is 23.8. The van der Waals surface area contributed by atoms with Crippen LogP contribution in [-0.4, -0.2) is 61.0 Å². The van der Waals surface area contributed by atoms with Crippen molar-refractivity contribution in [2.45, 2.75) is 71.8 Å². The van der Waals surface area contributed by atoms with E-state index in [9.17, 15) is 13.6 Å². The number of likely N-dealkylation sites (tertiary alicyclic amines) is 1. The summed E-state index contributed by atoms with van der Waals surface area (Å²) < 4.78 is 55.0. The van der Waals surface area contributed by atoms with Crippen molar-refractivity contribution < 1.29 is 36.8 Å². The number of oxazole rings is 1. The summed E-state index contributed by atoms with van der Waals surface area (Å²) in [5, 5.41) is 0. The highest BCUT2D eigenvalue weighted by Gasteiger charge is 2.52. The third kappa shape index (κ3) is 5.47. The molecule has 0 atom stereocenters. The van der Waals surface area contributed by atoms with Crippen molar-refractivity contribution in [2.75, 3.05) is 20.2 Å². The predicted octanol–water partition coefficient (Wildman–Crippen LogP) is 5.09. The number of carbonyl (C=O) groups is 1. The van der Waals surface area contributed by atoms with E-state index in [1.165, 1.54) is 13.2 Å². The number of carbonyl (C=O) groups excluding carboxylic acids is 1. The molecule has 8 nitrogen and oxygen atoms in total. The first-order chi connectivity index (χ1) is 18.9. The third-order valence-electron chi connectivity index (χ3n) is 8.42. The second-order valence-corrected chi connectivity index (χ2v) is 11.5. The molecule has 0 spiro atoms. The molecule has 1 aromatic heterocycles. The number of methoxy groups -OCH3 is 1. The summed E-state index contributed by atoms with van der Waals surface area (Å²) in [7, 11) is 0.842. The lowest BCUT2D eigenvalue weighted by atomic mass is 9.75. The van der Waals surface area contributed by atoms with Gasteiger partial charge in [0.25, 0.3) is 0 Å². The summed E-state index contributed by atoms with van der Waals surface area (Å²) in [4.78, 5) is 18.7. The number of benzene rings is 2. The molecule has 11 heteroatoms. The van der Waals surface area contributed by atoms with Crippen LogP contribution in [0.3, 0.4) is 0 Å². The quantitative estimate of drug-likeness (QED) is 0.294. The molecule has 0 amide bonds. The molecule has 3 aromatic rings. The molecule has 0 saturated carbocycles. The molecule has 2 aliphatic rings. The Morgan fingerprint density at radius 2 is 1.82 bits per heavy atom. The average Bonchev–Trinajstić information content (AvgIpc) is 3.39. The zero-order valence-corrected chi connectivity index (χ0v) is 23.8. The Morgan fingerprint density at radius 1 is 1.15 bits per heavy atom. The van der Waals surface area contributed by atoms with Gasteiger partial charge in [-0.3, -0.25) is 9.69 Å². The molecule has 3 heterocycles. The van der Waals surface area contributed by atoms with Crippen LogP contribution < -0.4 is 10.2 Å². The van der Waals surface area contributed by atoms with E-state index in [1.807, 2.05) is 52.8 Å². The Kier molecular flexibility index (Phi) is 7.67. The number of ether oxygens (including phenoxy) is 2. The molecular weight excluding hydrogens is 521 g/mol. The van der Waals surface area contributed by atoms with E-state index in [1.54, 1.807) is 6.07 Å². The zero-order chi connectivity index (χ0) is 28.8. The summed E-state index contributed by atoms with van der Waals surface area (Å²) in [6, 6.07) is 8.96. The molecule has 214 valence electrons. The van der Waals surface area contributed by atoms with Gasteiger partial charge in [-0.05, 0) is 83.7 Å². The Labute approximate surface area is 233 Å². The Bertz CT molecular complexity index is 1380. The van der Waals surface area contributed by atoms with Crippen molar-refractivity contribution in [2.24, 2.45) is 5.92 Å². The van der Waals surface area contributed by atoms with Gasteiger partial charge in [0.1, 0.15) is 11.3 Å². The van der Waals surface area contributed by atoms with E-state index in [2.05, 4.69) is 4.90 Å². The van der Waals surface area contributed by atoms with Gasteiger partial charge in [-0.15, -0.1) is 0 Å². The van der Waals surface area contributed by atoms with Gasteiger partial charge < -0.3 is 23.2 Å². The largest absolute Gasteiger partial charge is 0.495 e. The number of alkyl halides is 2. The maximum absolute atomic E-state index is 13.3. The van der Waals surface area contributed by atoms with E-state index in [0.29, 0.717) is 55.0 Å². The maximum atomic E-state index is 13.3. The number of rotatable bonds is 7. The number of piperidine rings is 1. The average molecular weight is 556 g/mol. The van der Waals surface area contributed by atoms with Crippen molar-refractivity contribution in [3.05, 3.63) is 41.5 Å². The van der Waals surface area contributed by atoms with Crippen LogP contribution >= 0.6 is 0 Å². The van der Waals surface area contributed by atoms with Crippen LogP contribution in [0.15, 0.2) is 34.7 Å². The summed E-state index contributed by atoms with van der Waals surface area (Å²) in [6.45, 7) is 8.65. The van der Waals surface area contributed by atoms with Crippen LogP contribution in [0.1, 0.15) is 51.7 Å². The van der Waals surface area contributed by atoms with Gasteiger partial charge in [-0.1, -0.05) is 12.1 Å². The van der Waals surface area contributed by atoms with Crippen molar-refractivity contribution in [3.8, 4) is 17.2 Å². The number of halogens is 2. The van der Waals surface area contributed by atoms with Gasteiger partial charge in [0.2, 0.25) is 5.89 Å². The highest BCUT2D eigenvalue weighted by molar-refractivity contribution is 6.62. The number of fused-ring (bicyclic) bond motifs is 1. The Hall–Kier alpha value is -3.02. The fraction of sp³-hybridized carbons (Fsp3) is 0.517. The molecule has 5 rings (SSSR count). The molecule has 2 aliphatic heterocycles. The summed E-state index contributed by atoms with van der Waals surface area (Å²) in [6.07, 6.45) is 1.29. The molecule has 0 bridgehead atoms. The van der Waals surface area contributed by atoms with Crippen molar-refractivity contribution in [1.82, 2.24) is 9.88 Å². The molecule has 2 aromatic carbocycles. The molecule has 0 radical (unpaired) electrons. The normalized spacial score (nSPS) is 19.5. The summed E-state index contributed by atoms with van der Waals surface area (Å²) in [5.41, 5.74) is 3.02. The van der Waals surface area contributed by atoms with E-state index in [4.69, 9.17) is 28.2 Å². The van der Waals surface area contributed by atoms with E-state index in [0.717, 1.165) is 16.6 Å². The van der Waals surface area contributed by atoms with Crippen molar-refractivity contribution in [1.29, 1.82) is 0 Å². The number of nitrogens with zero attached hydrogens (tertiary/aromatic N) is 2. The van der Waals surface area contributed by atoms with Crippen LogP contribution in [-0.2, 0) is 25.4 Å². The molecule has 2 saturated heterocycles. The first kappa shape index (κ1) is 28.5. The molecular formula is C29H35BF2N2O6. The van der Waals surface area contributed by atoms with Crippen molar-refractivity contribution in [3.63, 3.8) is 0 Å². The highest BCUT2D eigenvalue weighted by Crippen LogP contribution is 2.38. The fourth-order valence-electron chi connectivity index (χ4n) is 5.29. The van der Waals surface area contributed by atoms with E-state index in [-0.39, 0.29) is 17.6 Å². The Morgan fingerprint density at radius 3 is 2.45 bits per heavy atom. The van der Waals surface area contributed by atoms with Gasteiger partial charge in [0.15, 0.2) is 5.58 Å². The van der Waals surface area contributed by atoms with E-state index >= 15 is 0 Å². The van der Waals surface area contributed by atoms with Crippen LogP contribution in [0.2, 0.25) is 0 Å². The Balaban J connectivity index is 1.43. The predicted molar refractivity (Wildman–Crippen MR) is 147 cm³/mol. The van der Waals surface area contributed by atoms with Gasteiger partial charge in [0.05, 0.1) is 24.2 Å². The summed E-state index contributed by atoms with van der Waals surface area (Å²) >= 11 is 0. The smallest absolute Gasteiger partial charge is 0.469 e. The van der Waals surface area contributed by atoms with Gasteiger partial charge >= 0.3 is 19.7 Å². The van der Waals surface area contributed by atoms with Gasteiger partial charge in [0, 0.05) is 23.7 Å². The number of aromatic nitrogens is 1. The van der Waals surface area contributed by atoms with Crippen LogP contribution in [0, 0.1) is 12.8 Å². The molecule has 0 unspecified atom stereocenters. The topological polar surface area (TPSA) is 83.3 Å². The maximum Gasteiger partial charge on any atom is 0.495 e. The van der Waals surface area contributed by atoms with Gasteiger partial charge in [-0.2, -0.15) is 8.78 Å². The lowest BCUT2D eigenvalue weighted by molar-refractivity contribution is -0.147. The standard InChI is InChI=1S/C29H35BF2N2O6/c1-17-20(8-7-9-21(17)30-39-28(2,3)29(4,5)40-30)25-33-22-14-19(23(38-27(31)32)15-24(22)37-25)16-34-12-10-18(11-13-34)26(35)36-6/h7-9,14-15,18,27H,10-13,16H2,1-6H3. The number of hydrogen-bond donors (Lipinski definition) is 0. The monoisotopic (exact) mass is 556 g/mol. The third-order valence-corrected chi connectivity index (χ3v) is 8.42. The lowest BCUT2D eigenvalue weighted by Gasteiger charge is -2.32. The first-order valence-electron chi connectivity index (χ1n) is 13.5. The lowest BCUT2D eigenvalue weighted by Crippen LogP contribution is -2.41. The minimum Gasteiger partial charge on any atom is -0.469 e. The molecule has 2 fully saturated rings. The molecule has 0 N–H and O–H groups in total. The fourth-order valence-corrected chi connectivity index (χ4v) is 5.29. The minimum absolute atomic E-state index is 0.0444.